The van der Waals surface area contributed by atoms with E-state index in [1.165, 1.54) is 12.8 Å². The third-order valence-electron chi connectivity index (χ3n) is 2.02. The molecular formula is C7H15N3. The highest BCUT2D eigenvalue weighted by Crippen LogP contribution is 2.07. The van der Waals surface area contributed by atoms with Crippen LogP contribution in [-0.2, 0) is 0 Å². The summed E-state index contributed by atoms with van der Waals surface area (Å²) in [6.07, 6.45) is 2.49. The number of rotatable bonds is 2. The Hall–Kier alpha value is -0.570. The van der Waals surface area contributed by atoms with Gasteiger partial charge in [-0.2, -0.15) is 5.10 Å². The molecule has 0 amide bonds. The first-order valence-corrected chi connectivity index (χ1v) is 3.75. The monoisotopic (exact) mass is 141 g/mol. The quantitative estimate of drug-likeness (QED) is 0.442. The Bertz CT molecular complexity index is 107. The lowest BCUT2D eigenvalue weighted by Crippen LogP contribution is -2.41. The van der Waals surface area contributed by atoms with Gasteiger partial charge in [0, 0.05) is 20.3 Å². The number of piperidine rings is 1. The van der Waals surface area contributed by atoms with Crippen molar-refractivity contribution in [3.63, 3.8) is 0 Å². The molecule has 0 spiro atoms. The lowest BCUT2D eigenvalue weighted by Gasteiger charge is -2.28. The fourth-order valence-corrected chi connectivity index (χ4v) is 1.27. The van der Waals surface area contributed by atoms with Crippen LogP contribution in [-0.4, -0.2) is 37.9 Å². The molecule has 0 aromatic heterocycles. The molecule has 0 aromatic rings. The minimum atomic E-state index is 0.561. The molecule has 3 nitrogen and oxygen atoms in total. The van der Waals surface area contributed by atoms with Gasteiger partial charge in [0.05, 0.1) is 6.04 Å². The normalized spacial score (nSPS) is 25.9. The van der Waals surface area contributed by atoms with Gasteiger partial charge in [0.25, 0.3) is 0 Å². The maximum atomic E-state index is 3.86. The highest BCUT2D eigenvalue weighted by molar-refractivity contribution is 5.22. The second-order valence-corrected chi connectivity index (χ2v) is 2.72. The fourth-order valence-electron chi connectivity index (χ4n) is 1.27. The molecule has 1 aliphatic heterocycles. The number of nitrogens with one attached hydrogen (secondary N) is 1. The standard InChI is InChI=1S/C7H15N3/c1-8-10(2)7-4-3-5-9-6-7/h7,9H,1,3-6H2,2H3/t7-/m1/s1. The average molecular weight is 141 g/mol. The Morgan fingerprint density at radius 2 is 2.50 bits per heavy atom. The van der Waals surface area contributed by atoms with E-state index in [9.17, 15) is 0 Å². The van der Waals surface area contributed by atoms with Crippen LogP contribution >= 0.6 is 0 Å². The third kappa shape index (κ3) is 1.70. The Morgan fingerprint density at radius 1 is 1.70 bits per heavy atom. The molecule has 1 rings (SSSR count). The molecule has 1 atom stereocenters. The minimum Gasteiger partial charge on any atom is -0.315 e. The van der Waals surface area contributed by atoms with E-state index in [4.69, 9.17) is 0 Å². The van der Waals surface area contributed by atoms with Crippen LogP contribution < -0.4 is 5.32 Å². The zero-order chi connectivity index (χ0) is 7.40. The molecule has 1 N–H and O–H groups in total. The van der Waals surface area contributed by atoms with Crippen molar-refractivity contribution in [3.8, 4) is 0 Å². The van der Waals surface area contributed by atoms with Crippen LogP contribution in [0.5, 0.6) is 0 Å². The number of nitrogens with zero attached hydrogens (tertiary/aromatic N) is 2. The molecule has 1 fully saturated rings. The summed E-state index contributed by atoms with van der Waals surface area (Å²) in [4.78, 5) is 0. The Balaban J connectivity index is 2.30. The molecular weight excluding hydrogens is 126 g/mol. The van der Waals surface area contributed by atoms with Crippen molar-refractivity contribution in [2.24, 2.45) is 5.10 Å². The summed E-state index contributed by atoms with van der Waals surface area (Å²) < 4.78 is 0. The predicted molar refractivity (Wildman–Crippen MR) is 43.2 cm³/mol. The minimum absolute atomic E-state index is 0.561. The van der Waals surface area contributed by atoms with Crippen molar-refractivity contribution >= 4 is 6.72 Å². The highest BCUT2D eigenvalue weighted by Gasteiger charge is 2.15. The topological polar surface area (TPSA) is 27.6 Å². The average Bonchev–Trinajstić information content (AvgIpc) is 2.05. The second kappa shape index (κ2) is 3.56. The van der Waals surface area contributed by atoms with E-state index in [2.05, 4.69) is 17.1 Å². The number of hydrazone groups is 1. The van der Waals surface area contributed by atoms with Crippen LogP contribution in [0.25, 0.3) is 0 Å². The molecule has 0 saturated carbocycles. The highest BCUT2D eigenvalue weighted by atomic mass is 15.4. The van der Waals surface area contributed by atoms with Crippen LogP contribution in [0.2, 0.25) is 0 Å². The van der Waals surface area contributed by atoms with E-state index in [0.29, 0.717) is 6.04 Å². The van der Waals surface area contributed by atoms with Crippen molar-refractivity contribution in [1.29, 1.82) is 0 Å². The van der Waals surface area contributed by atoms with Gasteiger partial charge in [0.15, 0.2) is 0 Å². The van der Waals surface area contributed by atoms with Crippen LogP contribution in [0.1, 0.15) is 12.8 Å². The Labute approximate surface area is 62.1 Å². The van der Waals surface area contributed by atoms with Gasteiger partial charge in [-0.3, -0.25) is 5.01 Å². The summed E-state index contributed by atoms with van der Waals surface area (Å²) in [5.41, 5.74) is 0. The van der Waals surface area contributed by atoms with E-state index >= 15 is 0 Å². The molecule has 3 heteroatoms. The Kier molecular flexibility index (Phi) is 2.68. The van der Waals surface area contributed by atoms with Crippen molar-refractivity contribution in [2.75, 3.05) is 20.1 Å². The third-order valence-corrected chi connectivity index (χ3v) is 2.02. The van der Waals surface area contributed by atoms with E-state index in [0.717, 1.165) is 13.1 Å². The molecule has 1 heterocycles. The summed E-state index contributed by atoms with van der Waals surface area (Å²) >= 11 is 0. The molecule has 10 heavy (non-hydrogen) atoms. The summed E-state index contributed by atoms with van der Waals surface area (Å²) in [6, 6.07) is 0.561. The predicted octanol–water partition coefficient (Wildman–Crippen LogP) is 0.286. The van der Waals surface area contributed by atoms with Crippen LogP contribution in [0, 0.1) is 0 Å². The van der Waals surface area contributed by atoms with E-state index in [1.807, 2.05) is 12.1 Å². The summed E-state index contributed by atoms with van der Waals surface area (Å²) in [5, 5.41) is 9.11. The maximum Gasteiger partial charge on any atom is 0.0592 e. The first kappa shape index (κ1) is 7.54. The molecule has 0 aliphatic carbocycles. The first-order valence-electron chi connectivity index (χ1n) is 3.75. The molecule has 1 saturated heterocycles. The summed E-state index contributed by atoms with van der Waals surface area (Å²) in [5.74, 6) is 0. The molecule has 0 bridgehead atoms. The van der Waals surface area contributed by atoms with Gasteiger partial charge in [-0.1, -0.05) is 0 Å². The number of likely N-dealkylation sites (N-methyl/N-ethyl adjacent to an activating group) is 1. The van der Waals surface area contributed by atoms with Gasteiger partial charge in [0.2, 0.25) is 0 Å². The van der Waals surface area contributed by atoms with Gasteiger partial charge in [-0.25, -0.2) is 0 Å². The smallest absolute Gasteiger partial charge is 0.0592 e. The first-order chi connectivity index (χ1) is 4.84. The largest absolute Gasteiger partial charge is 0.315 e. The SMILES string of the molecule is C=NN(C)[C@@H]1CCCNC1. The van der Waals surface area contributed by atoms with E-state index in [1.54, 1.807) is 0 Å². The molecule has 0 radical (unpaired) electrons. The van der Waals surface area contributed by atoms with Crippen molar-refractivity contribution < 1.29 is 0 Å². The van der Waals surface area contributed by atoms with Crippen molar-refractivity contribution in [1.82, 2.24) is 10.3 Å². The fraction of sp³-hybridized carbons (Fsp3) is 0.857. The van der Waals surface area contributed by atoms with Crippen LogP contribution in [0.15, 0.2) is 5.10 Å². The number of hydrogen-bond donors (Lipinski definition) is 1. The maximum absolute atomic E-state index is 3.86. The molecule has 0 unspecified atom stereocenters. The van der Waals surface area contributed by atoms with E-state index < -0.39 is 0 Å². The van der Waals surface area contributed by atoms with E-state index in [-0.39, 0.29) is 0 Å². The van der Waals surface area contributed by atoms with Gasteiger partial charge in [-0.05, 0) is 19.4 Å². The van der Waals surface area contributed by atoms with Crippen LogP contribution in [0.4, 0.5) is 0 Å². The van der Waals surface area contributed by atoms with Gasteiger partial charge in [-0.15, -0.1) is 0 Å². The van der Waals surface area contributed by atoms with Crippen molar-refractivity contribution in [3.05, 3.63) is 0 Å². The Morgan fingerprint density at radius 3 is 3.00 bits per heavy atom. The zero-order valence-electron chi connectivity index (χ0n) is 6.51. The van der Waals surface area contributed by atoms with Gasteiger partial charge >= 0.3 is 0 Å². The lowest BCUT2D eigenvalue weighted by molar-refractivity contribution is 0.213. The zero-order valence-corrected chi connectivity index (χ0v) is 6.51. The lowest BCUT2D eigenvalue weighted by atomic mass is 10.1. The number of hydrogen-bond acceptors (Lipinski definition) is 3. The van der Waals surface area contributed by atoms with Gasteiger partial charge in [0.1, 0.15) is 0 Å². The molecule has 0 aromatic carbocycles. The van der Waals surface area contributed by atoms with Crippen molar-refractivity contribution in [2.45, 2.75) is 18.9 Å². The molecule has 1 aliphatic rings. The van der Waals surface area contributed by atoms with Gasteiger partial charge < -0.3 is 5.32 Å². The van der Waals surface area contributed by atoms with Crippen LogP contribution in [0.3, 0.4) is 0 Å². The second-order valence-electron chi connectivity index (χ2n) is 2.72. The molecule has 58 valence electrons. The summed E-state index contributed by atoms with van der Waals surface area (Å²) in [7, 11) is 1.98. The summed E-state index contributed by atoms with van der Waals surface area (Å²) in [6.45, 7) is 5.69.